The largest absolute Gasteiger partial charge is 0.384 e. The molecule has 0 bridgehead atoms. The van der Waals surface area contributed by atoms with Gasteiger partial charge in [-0.3, -0.25) is 9.69 Å². The third kappa shape index (κ3) is 5.84. The number of hydrogen-bond donors (Lipinski definition) is 2. The molecule has 0 saturated carbocycles. The van der Waals surface area contributed by atoms with E-state index in [2.05, 4.69) is 20.5 Å². The van der Waals surface area contributed by atoms with E-state index in [4.69, 9.17) is 11.6 Å². The van der Waals surface area contributed by atoms with Crippen LogP contribution in [0.3, 0.4) is 0 Å². The number of piperidine rings is 1. The topological polar surface area (TPSA) is 57.3 Å². The minimum atomic E-state index is -0.220. The van der Waals surface area contributed by atoms with Crippen LogP contribution in [0.1, 0.15) is 28.8 Å². The van der Waals surface area contributed by atoms with Crippen LogP contribution in [0.2, 0.25) is 5.02 Å². The second-order valence-corrected chi connectivity index (χ2v) is 8.49. The molecule has 166 valence electrons. The number of nitrogens with one attached hydrogen (secondary N) is 2. The lowest BCUT2D eigenvalue weighted by Gasteiger charge is -2.32. The quantitative estimate of drug-likeness (QED) is 0.500. The van der Waals surface area contributed by atoms with Crippen LogP contribution in [-0.4, -0.2) is 35.4 Å². The van der Waals surface area contributed by atoms with Gasteiger partial charge in [0.25, 0.3) is 5.91 Å². The Balaban J connectivity index is 1.29. The van der Waals surface area contributed by atoms with Crippen LogP contribution in [-0.2, 0) is 6.54 Å². The summed E-state index contributed by atoms with van der Waals surface area (Å²) >= 11 is 5.86. The first kappa shape index (κ1) is 22.2. The number of pyridine rings is 1. The summed E-state index contributed by atoms with van der Waals surface area (Å²) in [5.74, 6) is 0.597. The molecule has 1 fully saturated rings. The molecule has 1 aliphatic heterocycles. The Morgan fingerprint density at radius 3 is 2.56 bits per heavy atom. The summed E-state index contributed by atoms with van der Waals surface area (Å²) in [5.41, 5.74) is 2.12. The Bertz CT molecular complexity index is 1050. The third-order valence-electron chi connectivity index (χ3n) is 5.78. The summed E-state index contributed by atoms with van der Waals surface area (Å²) in [6.45, 7) is 3.31. The normalized spacial score (nSPS) is 14.8. The van der Waals surface area contributed by atoms with E-state index in [0.717, 1.165) is 43.7 Å². The van der Waals surface area contributed by atoms with Gasteiger partial charge in [-0.15, -0.1) is 0 Å². The molecular weight excluding hydrogens is 427 g/mol. The van der Waals surface area contributed by atoms with Crippen LogP contribution >= 0.6 is 11.6 Å². The lowest BCUT2D eigenvalue weighted by Crippen LogP contribution is -2.35. The average Bonchev–Trinajstić information content (AvgIpc) is 2.82. The van der Waals surface area contributed by atoms with E-state index in [9.17, 15) is 9.18 Å². The summed E-state index contributed by atoms with van der Waals surface area (Å²) in [5, 5.41) is 6.78. The first-order valence-corrected chi connectivity index (χ1v) is 11.2. The summed E-state index contributed by atoms with van der Waals surface area (Å²) < 4.78 is 13.9. The predicted octanol–water partition coefficient (Wildman–Crippen LogP) is 5.45. The van der Waals surface area contributed by atoms with Crippen LogP contribution in [0.5, 0.6) is 0 Å². The van der Waals surface area contributed by atoms with Crippen molar-refractivity contribution >= 4 is 29.0 Å². The molecular formula is C25H26ClFN4O. The van der Waals surface area contributed by atoms with Crippen LogP contribution in [0, 0.1) is 11.7 Å². The monoisotopic (exact) mass is 452 g/mol. The van der Waals surface area contributed by atoms with Gasteiger partial charge in [0.1, 0.15) is 11.6 Å². The minimum absolute atomic E-state index is 0.139. The molecule has 1 saturated heterocycles. The second-order valence-electron chi connectivity index (χ2n) is 8.05. The van der Waals surface area contributed by atoms with Gasteiger partial charge in [-0.1, -0.05) is 41.9 Å². The van der Waals surface area contributed by atoms with Gasteiger partial charge in [-0.2, -0.15) is 0 Å². The molecule has 2 aromatic carbocycles. The van der Waals surface area contributed by atoms with E-state index in [1.807, 2.05) is 30.3 Å². The van der Waals surface area contributed by atoms with Crippen LogP contribution in [0.4, 0.5) is 15.9 Å². The van der Waals surface area contributed by atoms with E-state index in [0.29, 0.717) is 28.9 Å². The van der Waals surface area contributed by atoms with Crippen molar-refractivity contribution in [3.63, 3.8) is 0 Å². The molecule has 7 heteroatoms. The highest BCUT2D eigenvalue weighted by Crippen LogP contribution is 2.23. The molecule has 1 aliphatic rings. The van der Waals surface area contributed by atoms with E-state index >= 15 is 0 Å². The van der Waals surface area contributed by atoms with Gasteiger partial charge in [-0.25, -0.2) is 9.37 Å². The maximum Gasteiger partial charge on any atom is 0.258 e. The highest BCUT2D eigenvalue weighted by molar-refractivity contribution is 6.30. The zero-order chi connectivity index (χ0) is 22.3. The van der Waals surface area contributed by atoms with Crippen molar-refractivity contribution in [2.24, 2.45) is 5.92 Å². The summed E-state index contributed by atoms with van der Waals surface area (Å²) in [7, 11) is 0. The Morgan fingerprint density at radius 2 is 1.81 bits per heavy atom. The molecule has 5 nitrogen and oxygen atoms in total. The van der Waals surface area contributed by atoms with Gasteiger partial charge in [0.15, 0.2) is 0 Å². The zero-order valence-corrected chi connectivity index (χ0v) is 18.5. The number of para-hydroxylation sites is 1. The summed E-state index contributed by atoms with van der Waals surface area (Å²) in [4.78, 5) is 19.2. The molecule has 0 spiro atoms. The fourth-order valence-electron chi connectivity index (χ4n) is 3.94. The number of benzene rings is 2. The van der Waals surface area contributed by atoms with Gasteiger partial charge in [0.05, 0.1) is 10.6 Å². The molecule has 2 N–H and O–H groups in total. The van der Waals surface area contributed by atoms with Gasteiger partial charge in [0.2, 0.25) is 0 Å². The first-order valence-electron chi connectivity index (χ1n) is 10.8. The Labute approximate surface area is 192 Å². The third-order valence-corrected chi connectivity index (χ3v) is 6.00. The Morgan fingerprint density at radius 1 is 1.06 bits per heavy atom. The van der Waals surface area contributed by atoms with Crippen LogP contribution < -0.4 is 10.6 Å². The van der Waals surface area contributed by atoms with Crippen LogP contribution in [0.25, 0.3) is 0 Å². The van der Waals surface area contributed by atoms with Crippen molar-refractivity contribution in [2.45, 2.75) is 19.4 Å². The van der Waals surface area contributed by atoms with E-state index in [1.54, 1.807) is 24.3 Å². The Kier molecular flexibility index (Phi) is 7.35. The van der Waals surface area contributed by atoms with Crippen molar-refractivity contribution < 1.29 is 9.18 Å². The maximum absolute atomic E-state index is 13.9. The number of halogens is 2. The number of carbonyl (C=O) groups excluding carboxylic acids is 1. The molecule has 1 amide bonds. The van der Waals surface area contributed by atoms with Crippen molar-refractivity contribution in [3.8, 4) is 0 Å². The number of likely N-dealkylation sites (tertiary alicyclic amines) is 1. The lowest BCUT2D eigenvalue weighted by molar-refractivity contribution is 0.102. The highest BCUT2D eigenvalue weighted by Gasteiger charge is 2.21. The fraction of sp³-hybridized carbons (Fsp3) is 0.280. The van der Waals surface area contributed by atoms with E-state index in [-0.39, 0.29) is 11.7 Å². The number of aromatic nitrogens is 1. The summed E-state index contributed by atoms with van der Waals surface area (Å²) in [6.07, 6.45) is 3.56. The number of rotatable bonds is 7. The molecule has 0 radical (unpaired) electrons. The van der Waals surface area contributed by atoms with E-state index < -0.39 is 0 Å². The number of anilines is 2. The molecule has 4 rings (SSSR count). The molecule has 0 unspecified atom stereocenters. The first-order chi connectivity index (χ1) is 15.6. The van der Waals surface area contributed by atoms with Gasteiger partial charge in [-0.05, 0) is 62.2 Å². The molecule has 3 aromatic rings. The molecule has 1 aromatic heterocycles. The van der Waals surface area contributed by atoms with Crippen molar-refractivity contribution in [1.29, 1.82) is 0 Å². The van der Waals surface area contributed by atoms with E-state index in [1.165, 1.54) is 12.3 Å². The van der Waals surface area contributed by atoms with Crippen molar-refractivity contribution in [2.75, 3.05) is 30.3 Å². The smallest absolute Gasteiger partial charge is 0.258 e. The maximum atomic E-state index is 13.9. The van der Waals surface area contributed by atoms with Gasteiger partial charge < -0.3 is 10.6 Å². The SMILES string of the molecule is O=C(Nc1ccc(Cl)cn1)c1ccccc1NCC1CCN(Cc2ccccc2F)CC1. The number of carbonyl (C=O) groups is 1. The molecule has 0 aliphatic carbocycles. The fourth-order valence-corrected chi connectivity index (χ4v) is 4.05. The zero-order valence-electron chi connectivity index (χ0n) is 17.7. The molecule has 2 heterocycles. The summed E-state index contributed by atoms with van der Waals surface area (Å²) in [6, 6.07) is 17.8. The number of nitrogens with zero attached hydrogens (tertiary/aromatic N) is 2. The number of amides is 1. The molecule has 32 heavy (non-hydrogen) atoms. The van der Waals surface area contributed by atoms with Gasteiger partial charge in [0, 0.05) is 30.5 Å². The van der Waals surface area contributed by atoms with Crippen molar-refractivity contribution in [1.82, 2.24) is 9.88 Å². The predicted molar refractivity (Wildman–Crippen MR) is 127 cm³/mol. The van der Waals surface area contributed by atoms with Crippen molar-refractivity contribution in [3.05, 3.63) is 88.8 Å². The lowest BCUT2D eigenvalue weighted by atomic mass is 9.96. The minimum Gasteiger partial charge on any atom is -0.384 e. The highest BCUT2D eigenvalue weighted by atomic mass is 35.5. The Hall–Kier alpha value is -2.96. The second kappa shape index (κ2) is 10.6. The van der Waals surface area contributed by atoms with Gasteiger partial charge >= 0.3 is 0 Å². The average molecular weight is 453 g/mol. The molecule has 0 atom stereocenters. The standard InChI is InChI=1S/C25H26ClFN4O/c26-20-9-10-24(29-16-20)30-25(32)21-6-2-4-8-23(21)28-15-18-11-13-31(14-12-18)17-19-5-1-3-7-22(19)27/h1-10,16,18,28H,11-15,17H2,(H,29,30,32). The number of hydrogen-bond acceptors (Lipinski definition) is 4. The van der Waals surface area contributed by atoms with Crippen LogP contribution in [0.15, 0.2) is 66.9 Å².